The van der Waals surface area contributed by atoms with Crippen molar-refractivity contribution in [3.8, 4) is 11.4 Å². The van der Waals surface area contributed by atoms with Crippen LogP contribution in [0.25, 0.3) is 11.4 Å². The molecule has 2 aromatic heterocycles. The van der Waals surface area contributed by atoms with Crippen molar-refractivity contribution in [1.82, 2.24) is 30.5 Å². The minimum absolute atomic E-state index is 0.256. The highest BCUT2D eigenvalue weighted by molar-refractivity contribution is 6.01. The summed E-state index contributed by atoms with van der Waals surface area (Å²) in [6.45, 7) is 9.55. The largest absolute Gasteiger partial charge is 0.349 e. The number of anilines is 1. The standard InChI is InChI=1S/C29H32FN7O2/c1-19(2)20-8-12-24(13-9-20)37(26(21-14-16-31-17-15-21)28(39)32-29(3,4)5)25(38)18-36-34-27(33-35-36)22-6-10-23(30)11-7-22/h6-17,19,26H,18H2,1-5H3,(H,32,39)/t26-/m0/s1. The van der Waals surface area contributed by atoms with Gasteiger partial charge in [-0.1, -0.05) is 26.0 Å². The number of nitrogens with one attached hydrogen (secondary N) is 1. The van der Waals surface area contributed by atoms with Gasteiger partial charge in [0.25, 0.3) is 5.91 Å². The Kier molecular flexibility index (Phi) is 8.13. The molecule has 2 heterocycles. The van der Waals surface area contributed by atoms with Crippen LogP contribution in [0.15, 0.2) is 73.1 Å². The van der Waals surface area contributed by atoms with Gasteiger partial charge in [-0.15, -0.1) is 10.2 Å². The molecule has 0 spiro atoms. The minimum atomic E-state index is -0.982. The van der Waals surface area contributed by atoms with Crippen LogP contribution in [0.5, 0.6) is 0 Å². The van der Waals surface area contributed by atoms with Gasteiger partial charge in [0, 0.05) is 29.2 Å². The molecule has 0 aliphatic heterocycles. The maximum Gasteiger partial charge on any atom is 0.251 e. The summed E-state index contributed by atoms with van der Waals surface area (Å²) < 4.78 is 13.3. The fraction of sp³-hybridized carbons (Fsp3) is 0.310. The first-order chi connectivity index (χ1) is 18.5. The van der Waals surface area contributed by atoms with Gasteiger partial charge in [-0.25, -0.2) is 4.39 Å². The molecule has 0 radical (unpaired) electrons. The number of benzene rings is 2. The molecule has 10 heteroatoms. The third kappa shape index (κ3) is 6.90. The van der Waals surface area contributed by atoms with E-state index in [0.717, 1.165) is 5.56 Å². The number of carbonyl (C=O) groups is 2. The monoisotopic (exact) mass is 529 g/mol. The Morgan fingerprint density at radius 2 is 1.59 bits per heavy atom. The Morgan fingerprint density at radius 1 is 0.949 bits per heavy atom. The average Bonchev–Trinajstić information content (AvgIpc) is 3.35. The number of hydrogen-bond acceptors (Lipinski definition) is 6. The van der Waals surface area contributed by atoms with Gasteiger partial charge in [0.15, 0.2) is 0 Å². The fourth-order valence-electron chi connectivity index (χ4n) is 4.08. The van der Waals surface area contributed by atoms with Gasteiger partial charge < -0.3 is 5.32 Å². The molecule has 39 heavy (non-hydrogen) atoms. The highest BCUT2D eigenvalue weighted by atomic mass is 19.1. The number of tetrazole rings is 1. The molecule has 0 aliphatic carbocycles. The van der Waals surface area contributed by atoms with Crippen LogP contribution in [0.4, 0.5) is 10.1 Å². The molecule has 2 amide bonds. The Balaban J connectivity index is 1.73. The molecule has 0 bridgehead atoms. The summed E-state index contributed by atoms with van der Waals surface area (Å²) in [5.41, 5.74) is 2.29. The molecule has 0 fully saturated rings. The minimum Gasteiger partial charge on any atom is -0.349 e. The predicted molar refractivity (Wildman–Crippen MR) is 146 cm³/mol. The Hall–Kier alpha value is -4.47. The zero-order valence-electron chi connectivity index (χ0n) is 22.7. The van der Waals surface area contributed by atoms with Crippen molar-refractivity contribution in [2.45, 2.75) is 58.7 Å². The second-order valence-electron chi connectivity index (χ2n) is 10.6. The van der Waals surface area contributed by atoms with Crippen molar-refractivity contribution in [3.63, 3.8) is 0 Å². The maximum atomic E-state index is 14.0. The van der Waals surface area contributed by atoms with Gasteiger partial charge in [-0.3, -0.25) is 19.5 Å². The average molecular weight is 530 g/mol. The number of amides is 2. The predicted octanol–water partition coefficient (Wildman–Crippen LogP) is 4.69. The molecular weight excluding hydrogens is 497 g/mol. The van der Waals surface area contributed by atoms with Crippen LogP contribution >= 0.6 is 0 Å². The van der Waals surface area contributed by atoms with Gasteiger partial charge in [0.2, 0.25) is 11.7 Å². The van der Waals surface area contributed by atoms with Crippen LogP contribution in [-0.4, -0.2) is 42.5 Å². The maximum absolute atomic E-state index is 14.0. The van der Waals surface area contributed by atoms with Gasteiger partial charge in [-0.2, -0.15) is 4.80 Å². The second kappa shape index (κ2) is 11.5. The summed E-state index contributed by atoms with van der Waals surface area (Å²) in [4.78, 5) is 34.4. The van der Waals surface area contributed by atoms with Crippen molar-refractivity contribution in [3.05, 3.63) is 90.0 Å². The van der Waals surface area contributed by atoms with E-state index in [0.29, 0.717) is 22.7 Å². The van der Waals surface area contributed by atoms with Crippen LogP contribution in [-0.2, 0) is 16.1 Å². The molecule has 4 aromatic rings. The first-order valence-electron chi connectivity index (χ1n) is 12.7. The molecule has 202 valence electrons. The molecule has 0 saturated heterocycles. The Morgan fingerprint density at radius 3 is 2.18 bits per heavy atom. The van der Waals surface area contributed by atoms with Crippen molar-refractivity contribution >= 4 is 17.5 Å². The molecule has 1 atom stereocenters. The quantitative estimate of drug-likeness (QED) is 0.355. The van der Waals surface area contributed by atoms with E-state index in [1.165, 1.54) is 34.0 Å². The zero-order chi connectivity index (χ0) is 28.2. The number of pyridine rings is 1. The first-order valence-corrected chi connectivity index (χ1v) is 12.7. The number of carbonyl (C=O) groups excluding carboxylic acids is 2. The van der Waals surface area contributed by atoms with E-state index in [2.05, 4.69) is 39.6 Å². The van der Waals surface area contributed by atoms with Gasteiger partial charge in [0.05, 0.1) is 0 Å². The zero-order valence-corrected chi connectivity index (χ0v) is 22.7. The molecule has 0 saturated carbocycles. The van der Waals surface area contributed by atoms with Crippen LogP contribution < -0.4 is 10.2 Å². The van der Waals surface area contributed by atoms with Gasteiger partial charge in [0.1, 0.15) is 18.4 Å². The lowest BCUT2D eigenvalue weighted by Gasteiger charge is -2.33. The van der Waals surface area contributed by atoms with Crippen LogP contribution in [0.3, 0.4) is 0 Å². The second-order valence-corrected chi connectivity index (χ2v) is 10.6. The van der Waals surface area contributed by atoms with Crippen LogP contribution in [0.2, 0.25) is 0 Å². The molecule has 0 unspecified atom stereocenters. The fourth-order valence-corrected chi connectivity index (χ4v) is 4.08. The Bertz CT molecular complexity index is 1410. The van der Waals surface area contributed by atoms with Crippen LogP contribution in [0.1, 0.15) is 57.7 Å². The molecule has 1 N–H and O–H groups in total. The van der Waals surface area contributed by atoms with Crippen LogP contribution in [0, 0.1) is 5.82 Å². The number of aromatic nitrogens is 5. The van der Waals surface area contributed by atoms with Crippen molar-refractivity contribution in [2.24, 2.45) is 0 Å². The molecule has 9 nitrogen and oxygen atoms in total. The summed E-state index contributed by atoms with van der Waals surface area (Å²) >= 11 is 0. The topological polar surface area (TPSA) is 106 Å². The summed E-state index contributed by atoms with van der Waals surface area (Å²) in [6, 6.07) is 15.7. The third-order valence-electron chi connectivity index (χ3n) is 5.97. The molecular formula is C29H32FN7O2. The van der Waals surface area contributed by atoms with Gasteiger partial charge >= 0.3 is 0 Å². The lowest BCUT2D eigenvalue weighted by atomic mass is 10.00. The SMILES string of the molecule is CC(C)c1ccc(N(C(=O)Cn2nnc(-c3ccc(F)cc3)n2)[C@H](C(=O)NC(C)(C)C)c2ccncc2)cc1. The van der Waals surface area contributed by atoms with E-state index >= 15 is 0 Å². The van der Waals surface area contributed by atoms with Crippen molar-refractivity contribution < 1.29 is 14.0 Å². The molecule has 0 aliphatic rings. The number of hydrogen-bond donors (Lipinski definition) is 1. The summed E-state index contributed by atoms with van der Waals surface area (Å²) in [5, 5.41) is 15.4. The van der Waals surface area contributed by atoms with E-state index < -0.39 is 17.5 Å². The highest BCUT2D eigenvalue weighted by Crippen LogP contribution is 2.30. The van der Waals surface area contributed by atoms with E-state index in [1.807, 2.05) is 45.0 Å². The number of rotatable bonds is 8. The van der Waals surface area contributed by atoms with E-state index in [1.54, 1.807) is 24.5 Å². The number of halogens is 1. The smallest absolute Gasteiger partial charge is 0.251 e. The lowest BCUT2D eigenvalue weighted by molar-refractivity contribution is -0.128. The normalized spacial score (nSPS) is 12.3. The van der Waals surface area contributed by atoms with Gasteiger partial charge in [-0.05, 0) is 91.6 Å². The summed E-state index contributed by atoms with van der Waals surface area (Å²) in [7, 11) is 0. The molecule has 2 aromatic carbocycles. The summed E-state index contributed by atoms with van der Waals surface area (Å²) in [5.74, 6) is -0.578. The summed E-state index contributed by atoms with van der Waals surface area (Å²) in [6.07, 6.45) is 3.18. The number of nitrogens with zero attached hydrogens (tertiary/aromatic N) is 6. The first kappa shape index (κ1) is 27.6. The lowest BCUT2D eigenvalue weighted by Crippen LogP contribution is -2.50. The highest BCUT2D eigenvalue weighted by Gasteiger charge is 2.35. The Labute approximate surface area is 227 Å². The van der Waals surface area contributed by atoms with E-state index in [-0.39, 0.29) is 24.1 Å². The van der Waals surface area contributed by atoms with Crippen molar-refractivity contribution in [1.29, 1.82) is 0 Å². The third-order valence-corrected chi connectivity index (χ3v) is 5.97. The van der Waals surface area contributed by atoms with E-state index in [9.17, 15) is 14.0 Å². The van der Waals surface area contributed by atoms with E-state index in [4.69, 9.17) is 0 Å². The van der Waals surface area contributed by atoms with Crippen molar-refractivity contribution in [2.75, 3.05) is 4.90 Å². The molecule has 4 rings (SSSR count).